The summed E-state index contributed by atoms with van der Waals surface area (Å²) in [6, 6.07) is 12.0. The molecule has 0 radical (unpaired) electrons. The largest absolute Gasteiger partial charge is 0.419 e. The molecule has 10 heteroatoms. The second-order valence-electron chi connectivity index (χ2n) is 2.10. The molecule has 0 heterocycles. The van der Waals surface area contributed by atoms with Gasteiger partial charge >= 0.3 is 13.9 Å². The van der Waals surface area contributed by atoms with Crippen LogP contribution in [0.15, 0.2) is 36.4 Å². The number of rotatable bonds is 0. The average molecular weight is 311 g/mol. The van der Waals surface area contributed by atoms with Crippen molar-refractivity contribution in [3.05, 3.63) is 36.4 Å². The zero-order chi connectivity index (χ0) is 13.2. The summed E-state index contributed by atoms with van der Waals surface area (Å²) < 4.78 is 18.2. The van der Waals surface area contributed by atoms with Crippen LogP contribution in [-0.2, 0) is 9.13 Å². The first kappa shape index (κ1) is 18.5. The van der Waals surface area contributed by atoms with Crippen molar-refractivity contribution in [2.75, 3.05) is 0 Å². The van der Waals surface area contributed by atoms with Crippen molar-refractivity contribution in [2.24, 2.45) is 0 Å². The Morgan fingerprint density at radius 2 is 0.688 bits per heavy atom. The molecule has 0 amide bonds. The maximum Gasteiger partial charge on any atom is 0.419 e. The van der Waals surface area contributed by atoms with Crippen LogP contribution < -0.4 is 0 Å². The summed E-state index contributed by atoms with van der Waals surface area (Å²) >= 11 is 8.39. The third kappa shape index (κ3) is 65.0. The molecule has 0 atom stereocenters. The number of benzene rings is 1. The maximum atomic E-state index is 9.09. The molecule has 0 fully saturated rings. The van der Waals surface area contributed by atoms with Crippen molar-refractivity contribution in [1.29, 1.82) is 0 Å². The van der Waals surface area contributed by atoms with Gasteiger partial charge in [-0.2, -0.15) is 0 Å². The Morgan fingerprint density at radius 3 is 0.750 bits per heavy atom. The zero-order valence-corrected chi connectivity index (χ0v) is 11.0. The van der Waals surface area contributed by atoms with E-state index in [1.54, 1.807) is 0 Å². The van der Waals surface area contributed by atoms with Gasteiger partial charge in [-0.15, -0.1) is 0 Å². The van der Waals surface area contributed by atoms with E-state index in [2.05, 4.69) is 22.5 Å². The van der Waals surface area contributed by atoms with Crippen LogP contribution in [0.4, 0.5) is 0 Å². The van der Waals surface area contributed by atoms with Crippen LogP contribution in [0.1, 0.15) is 0 Å². The lowest BCUT2D eigenvalue weighted by Crippen LogP contribution is -1.54. The Labute approximate surface area is 102 Å². The van der Waals surface area contributed by atoms with Gasteiger partial charge in [-0.1, -0.05) is 36.4 Å². The molecule has 0 aromatic heterocycles. The minimum absolute atomic E-state index is 2.00. The summed E-state index contributed by atoms with van der Waals surface area (Å²) in [7, 11) is 0. The molecule has 0 aliphatic heterocycles. The molecular formula is C6H10Cl2O6P2. The smallest absolute Gasteiger partial charge is 0.313 e. The molecule has 0 aliphatic carbocycles. The first-order valence-electron chi connectivity index (χ1n) is 3.50. The van der Waals surface area contributed by atoms with Gasteiger partial charge in [0, 0.05) is 22.5 Å². The van der Waals surface area contributed by atoms with Gasteiger partial charge in [0.1, 0.15) is 0 Å². The van der Waals surface area contributed by atoms with Gasteiger partial charge < -0.3 is 19.6 Å². The highest BCUT2D eigenvalue weighted by Crippen LogP contribution is 2.40. The Morgan fingerprint density at radius 1 is 0.625 bits per heavy atom. The Bertz CT molecular complexity index is 284. The summed E-state index contributed by atoms with van der Waals surface area (Å²) in [5.74, 6) is 0. The molecule has 4 N–H and O–H groups in total. The van der Waals surface area contributed by atoms with Crippen LogP contribution in [0.2, 0.25) is 0 Å². The summed E-state index contributed by atoms with van der Waals surface area (Å²) in [6.45, 7) is -8.33. The summed E-state index contributed by atoms with van der Waals surface area (Å²) in [6.07, 6.45) is 0. The van der Waals surface area contributed by atoms with E-state index < -0.39 is 13.9 Å². The van der Waals surface area contributed by atoms with Gasteiger partial charge in [0.25, 0.3) is 0 Å². The van der Waals surface area contributed by atoms with Crippen molar-refractivity contribution < 1.29 is 28.7 Å². The molecule has 0 bridgehead atoms. The number of halogens is 2. The molecule has 1 aromatic rings. The normalized spacial score (nSPS) is 10.4. The van der Waals surface area contributed by atoms with Crippen molar-refractivity contribution in [3.63, 3.8) is 0 Å². The standard InChI is InChI=1S/C6H6.2ClH2O3P/c1-2-4-6-5-3-1;2*1-5(2,3)4/h1-6H;2*(H2,2,3,4). The highest BCUT2D eigenvalue weighted by atomic mass is 35.7. The van der Waals surface area contributed by atoms with Gasteiger partial charge in [0.2, 0.25) is 0 Å². The van der Waals surface area contributed by atoms with Crippen molar-refractivity contribution in [3.8, 4) is 0 Å². The van der Waals surface area contributed by atoms with Gasteiger partial charge in [-0.3, -0.25) is 0 Å². The van der Waals surface area contributed by atoms with Crippen molar-refractivity contribution >= 4 is 36.4 Å². The summed E-state index contributed by atoms with van der Waals surface area (Å²) in [5.41, 5.74) is 0. The van der Waals surface area contributed by atoms with Crippen LogP contribution >= 0.6 is 36.4 Å². The molecule has 94 valence electrons. The number of hydrogen-bond acceptors (Lipinski definition) is 2. The lowest BCUT2D eigenvalue weighted by atomic mass is 10.4. The van der Waals surface area contributed by atoms with Crippen molar-refractivity contribution in [1.82, 2.24) is 0 Å². The maximum absolute atomic E-state index is 9.09. The van der Waals surface area contributed by atoms with Crippen LogP contribution in [0.25, 0.3) is 0 Å². The van der Waals surface area contributed by atoms with E-state index in [0.29, 0.717) is 0 Å². The van der Waals surface area contributed by atoms with Crippen LogP contribution in [-0.4, -0.2) is 19.6 Å². The summed E-state index contributed by atoms with van der Waals surface area (Å²) in [4.78, 5) is 29.6. The molecule has 6 nitrogen and oxygen atoms in total. The lowest BCUT2D eigenvalue weighted by Gasteiger charge is -1.80. The van der Waals surface area contributed by atoms with Gasteiger partial charge in [0.05, 0.1) is 0 Å². The second-order valence-corrected chi connectivity index (χ2v) is 6.63. The third-order valence-electron chi connectivity index (χ3n) is 0.667. The van der Waals surface area contributed by atoms with E-state index >= 15 is 0 Å². The van der Waals surface area contributed by atoms with E-state index in [-0.39, 0.29) is 0 Å². The average Bonchev–Trinajstić information content (AvgIpc) is 2.01. The summed E-state index contributed by atoms with van der Waals surface area (Å²) in [5, 5.41) is 0. The van der Waals surface area contributed by atoms with Gasteiger partial charge in [-0.25, -0.2) is 9.13 Å². The van der Waals surface area contributed by atoms with E-state index in [9.17, 15) is 0 Å². The molecule has 0 unspecified atom stereocenters. The Kier molecular flexibility index (Phi) is 10.6. The van der Waals surface area contributed by atoms with E-state index in [1.165, 1.54) is 0 Å². The highest BCUT2D eigenvalue weighted by Gasteiger charge is 2.01. The first-order chi connectivity index (χ1) is 7.00. The Hall–Kier alpha value is 0.1000. The minimum atomic E-state index is -4.17. The molecule has 0 aliphatic rings. The van der Waals surface area contributed by atoms with E-state index in [4.69, 9.17) is 28.7 Å². The van der Waals surface area contributed by atoms with E-state index in [0.717, 1.165) is 0 Å². The van der Waals surface area contributed by atoms with Gasteiger partial charge in [0.15, 0.2) is 0 Å². The molecular weight excluding hydrogens is 301 g/mol. The first-order valence-corrected chi connectivity index (χ1v) is 8.54. The minimum Gasteiger partial charge on any atom is -0.313 e. The van der Waals surface area contributed by atoms with E-state index in [1.807, 2.05) is 36.4 Å². The quantitative estimate of drug-likeness (QED) is 0.547. The number of hydrogen-bond donors (Lipinski definition) is 4. The fraction of sp³-hybridized carbons (Fsp3) is 0. The highest BCUT2D eigenvalue weighted by molar-refractivity contribution is 7.80. The Balaban J connectivity index is 0. The fourth-order valence-electron chi connectivity index (χ4n) is 0.385. The predicted molar refractivity (Wildman–Crippen MR) is 62.2 cm³/mol. The monoisotopic (exact) mass is 310 g/mol. The second kappa shape index (κ2) is 9.16. The SMILES string of the molecule is O=P(O)(O)Cl.O=P(O)(O)Cl.c1ccccc1. The van der Waals surface area contributed by atoms with Crippen molar-refractivity contribution in [2.45, 2.75) is 0 Å². The van der Waals surface area contributed by atoms with Gasteiger partial charge in [-0.05, 0) is 0 Å². The topological polar surface area (TPSA) is 115 Å². The predicted octanol–water partition coefficient (Wildman–Crippen LogP) is 2.32. The van der Waals surface area contributed by atoms with Crippen LogP contribution in [0.5, 0.6) is 0 Å². The lowest BCUT2D eigenvalue weighted by molar-refractivity contribution is 0.393. The molecule has 1 aromatic carbocycles. The third-order valence-corrected chi connectivity index (χ3v) is 0.667. The molecule has 0 saturated carbocycles. The fourth-order valence-corrected chi connectivity index (χ4v) is 0.385. The van der Waals surface area contributed by atoms with Crippen LogP contribution in [0, 0.1) is 0 Å². The van der Waals surface area contributed by atoms with Crippen LogP contribution in [0.3, 0.4) is 0 Å². The molecule has 1 rings (SSSR count). The zero-order valence-electron chi connectivity index (χ0n) is 7.72. The molecule has 16 heavy (non-hydrogen) atoms. The molecule has 0 spiro atoms. The molecule has 0 saturated heterocycles.